The maximum atomic E-state index is 3.73. The summed E-state index contributed by atoms with van der Waals surface area (Å²) in [5.74, 6) is 0. The maximum absolute atomic E-state index is 3.73. The quantitative estimate of drug-likeness (QED) is 0.880. The third-order valence-electron chi connectivity index (χ3n) is 4.81. The van der Waals surface area contributed by atoms with E-state index in [1.807, 2.05) is 0 Å². The molecule has 2 aromatic rings. The van der Waals surface area contributed by atoms with Gasteiger partial charge in [0.25, 0.3) is 0 Å². The molecule has 0 amide bonds. The molecule has 21 heavy (non-hydrogen) atoms. The van der Waals surface area contributed by atoms with E-state index in [4.69, 9.17) is 0 Å². The van der Waals surface area contributed by atoms with Crippen LogP contribution in [0.25, 0.3) is 10.8 Å². The SMILES string of the molecule is CC(NN1C(C)CCCC1C)c1ccc2ccccc2c1. The second kappa shape index (κ2) is 6.17. The van der Waals surface area contributed by atoms with E-state index in [1.165, 1.54) is 35.6 Å². The zero-order valence-corrected chi connectivity index (χ0v) is 13.3. The largest absolute Gasteiger partial charge is 0.247 e. The number of nitrogens with zero attached hydrogens (tertiary/aromatic N) is 1. The van der Waals surface area contributed by atoms with E-state index in [0.29, 0.717) is 18.1 Å². The van der Waals surface area contributed by atoms with Crippen LogP contribution in [0.4, 0.5) is 0 Å². The summed E-state index contributed by atoms with van der Waals surface area (Å²) in [6.45, 7) is 6.92. The van der Waals surface area contributed by atoms with Crippen LogP contribution in [-0.2, 0) is 0 Å². The van der Waals surface area contributed by atoms with E-state index in [9.17, 15) is 0 Å². The summed E-state index contributed by atoms with van der Waals surface area (Å²) in [6.07, 6.45) is 3.94. The molecule has 2 heteroatoms. The first kappa shape index (κ1) is 14.6. The molecular weight excluding hydrogens is 256 g/mol. The van der Waals surface area contributed by atoms with Crippen LogP contribution >= 0.6 is 0 Å². The third-order valence-corrected chi connectivity index (χ3v) is 4.81. The number of hydrogen-bond acceptors (Lipinski definition) is 2. The Balaban J connectivity index is 1.78. The van der Waals surface area contributed by atoms with E-state index in [1.54, 1.807) is 0 Å². The fourth-order valence-corrected chi connectivity index (χ4v) is 3.45. The minimum Gasteiger partial charge on any atom is -0.247 e. The van der Waals surface area contributed by atoms with E-state index < -0.39 is 0 Å². The first-order valence-corrected chi connectivity index (χ1v) is 8.18. The van der Waals surface area contributed by atoms with Crippen LogP contribution in [0.1, 0.15) is 51.6 Å². The van der Waals surface area contributed by atoms with Gasteiger partial charge in [0.2, 0.25) is 0 Å². The summed E-state index contributed by atoms with van der Waals surface area (Å²) in [5.41, 5.74) is 5.09. The predicted octanol–water partition coefficient (Wildman–Crippen LogP) is 4.67. The van der Waals surface area contributed by atoms with Gasteiger partial charge >= 0.3 is 0 Å². The molecule has 0 bridgehead atoms. The molecule has 0 spiro atoms. The molecule has 112 valence electrons. The molecule has 1 heterocycles. The Labute approximate surface area is 128 Å². The Morgan fingerprint density at radius 2 is 1.67 bits per heavy atom. The Kier molecular flexibility index (Phi) is 4.27. The predicted molar refractivity (Wildman–Crippen MR) is 90.1 cm³/mol. The average molecular weight is 282 g/mol. The van der Waals surface area contributed by atoms with Gasteiger partial charge in [-0.2, -0.15) is 0 Å². The van der Waals surface area contributed by atoms with Gasteiger partial charge in [0, 0.05) is 18.1 Å². The van der Waals surface area contributed by atoms with Gasteiger partial charge in [-0.25, -0.2) is 10.4 Å². The van der Waals surface area contributed by atoms with Crippen LogP contribution in [0.3, 0.4) is 0 Å². The lowest BCUT2D eigenvalue weighted by Gasteiger charge is -2.41. The van der Waals surface area contributed by atoms with Crippen LogP contribution in [0.2, 0.25) is 0 Å². The van der Waals surface area contributed by atoms with Gasteiger partial charge in [0.15, 0.2) is 0 Å². The molecule has 0 aromatic heterocycles. The Morgan fingerprint density at radius 3 is 2.38 bits per heavy atom. The van der Waals surface area contributed by atoms with Crippen molar-refractivity contribution in [2.75, 3.05) is 0 Å². The van der Waals surface area contributed by atoms with Crippen LogP contribution in [0.5, 0.6) is 0 Å². The Hall–Kier alpha value is -1.38. The molecule has 1 N–H and O–H groups in total. The summed E-state index contributed by atoms with van der Waals surface area (Å²) in [6, 6.07) is 17.0. The van der Waals surface area contributed by atoms with Crippen molar-refractivity contribution < 1.29 is 0 Å². The minimum absolute atomic E-state index is 0.345. The lowest BCUT2D eigenvalue weighted by atomic mass is 9.99. The smallest absolute Gasteiger partial charge is 0.0437 e. The minimum atomic E-state index is 0.345. The molecule has 0 aliphatic carbocycles. The van der Waals surface area contributed by atoms with Crippen molar-refractivity contribution in [1.82, 2.24) is 10.4 Å². The van der Waals surface area contributed by atoms with Gasteiger partial charge in [-0.3, -0.25) is 0 Å². The van der Waals surface area contributed by atoms with Crippen molar-refractivity contribution in [3.63, 3.8) is 0 Å². The van der Waals surface area contributed by atoms with Crippen molar-refractivity contribution in [3.8, 4) is 0 Å². The fraction of sp³-hybridized carbons (Fsp3) is 0.474. The highest BCUT2D eigenvalue weighted by atomic mass is 15.5. The number of benzene rings is 2. The van der Waals surface area contributed by atoms with Crippen molar-refractivity contribution in [2.24, 2.45) is 0 Å². The average Bonchev–Trinajstić information content (AvgIpc) is 2.50. The summed E-state index contributed by atoms with van der Waals surface area (Å²) in [7, 11) is 0. The van der Waals surface area contributed by atoms with Gasteiger partial charge in [0.1, 0.15) is 0 Å². The van der Waals surface area contributed by atoms with Crippen molar-refractivity contribution >= 4 is 10.8 Å². The molecule has 3 atom stereocenters. The second-order valence-corrected chi connectivity index (χ2v) is 6.49. The number of nitrogens with one attached hydrogen (secondary N) is 1. The van der Waals surface area contributed by atoms with Crippen molar-refractivity contribution in [1.29, 1.82) is 0 Å². The van der Waals surface area contributed by atoms with Gasteiger partial charge < -0.3 is 0 Å². The highest BCUT2D eigenvalue weighted by Crippen LogP contribution is 2.25. The highest BCUT2D eigenvalue weighted by molar-refractivity contribution is 5.83. The number of fused-ring (bicyclic) bond motifs is 1. The first-order valence-electron chi connectivity index (χ1n) is 8.18. The lowest BCUT2D eigenvalue weighted by Crippen LogP contribution is -2.52. The van der Waals surface area contributed by atoms with Gasteiger partial charge in [-0.1, -0.05) is 42.8 Å². The van der Waals surface area contributed by atoms with Crippen LogP contribution < -0.4 is 5.43 Å². The normalized spacial score (nSPS) is 25.1. The first-order chi connectivity index (χ1) is 10.1. The number of hydrogen-bond donors (Lipinski definition) is 1. The van der Waals surface area contributed by atoms with Crippen molar-refractivity contribution in [2.45, 2.75) is 58.2 Å². The van der Waals surface area contributed by atoms with Crippen LogP contribution in [0, 0.1) is 0 Å². The van der Waals surface area contributed by atoms with E-state index >= 15 is 0 Å². The Bertz CT molecular complexity index is 597. The van der Waals surface area contributed by atoms with E-state index in [2.05, 4.69) is 73.7 Å². The zero-order chi connectivity index (χ0) is 14.8. The van der Waals surface area contributed by atoms with Crippen LogP contribution in [-0.4, -0.2) is 17.1 Å². The van der Waals surface area contributed by atoms with Crippen LogP contribution in [0.15, 0.2) is 42.5 Å². The summed E-state index contributed by atoms with van der Waals surface area (Å²) < 4.78 is 0. The molecule has 0 saturated carbocycles. The number of hydrazine groups is 1. The molecule has 3 rings (SSSR count). The van der Waals surface area contributed by atoms with Gasteiger partial charge in [-0.15, -0.1) is 0 Å². The summed E-state index contributed by atoms with van der Waals surface area (Å²) in [5, 5.41) is 5.10. The molecule has 1 fully saturated rings. The van der Waals surface area contributed by atoms with Crippen molar-refractivity contribution in [3.05, 3.63) is 48.0 Å². The molecule has 2 aromatic carbocycles. The molecular formula is C19H26N2. The monoisotopic (exact) mass is 282 g/mol. The second-order valence-electron chi connectivity index (χ2n) is 6.49. The maximum Gasteiger partial charge on any atom is 0.0437 e. The highest BCUT2D eigenvalue weighted by Gasteiger charge is 2.25. The van der Waals surface area contributed by atoms with Gasteiger partial charge in [0.05, 0.1) is 0 Å². The summed E-state index contributed by atoms with van der Waals surface area (Å²) >= 11 is 0. The number of piperidine rings is 1. The van der Waals surface area contributed by atoms with E-state index in [-0.39, 0.29) is 0 Å². The van der Waals surface area contributed by atoms with Gasteiger partial charge in [-0.05, 0) is 56.0 Å². The molecule has 1 saturated heterocycles. The topological polar surface area (TPSA) is 15.3 Å². The zero-order valence-electron chi connectivity index (χ0n) is 13.3. The molecule has 3 unspecified atom stereocenters. The fourth-order valence-electron chi connectivity index (χ4n) is 3.45. The summed E-state index contributed by atoms with van der Waals surface area (Å²) in [4.78, 5) is 0. The molecule has 2 nitrogen and oxygen atoms in total. The third kappa shape index (κ3) is 3.12. The van der Waals surface area contributed by atoms with E-state index in [0.717, 1.165) is 0 Å². The molecule has 0 radical (unpaired) electrons. The molecule has 1 aliphatic rings. The molecule has 1 aliphatic heterocycles. The lowest BCUT2D eigenvalue weighted by molar-refractivity contribution is 0.0320. The standard InChI is InChI=1S/C19H26N2/c1-14-7-6-8-15(2)21(14)20-16(3)18-12-11-17-9-4-5-10-19(17)13-18/h4-5,9-16,20H,6-8H2,1-3H3. The Morgan fingerprint density at radius 1 is 1.00 bits per heavy atom. The number of rotatable bonds is 3.